The molecule has 0 aromatic heterocycles. The van der Waals surface area contributed by atoms with Gasteiger partial charge < -0.3 is 15.1 Å². The van der Waals surface area contributed by atoms with Crippen LogP contribution in [-0.2, 0) is 4.79 Å². The number of hydrogen-bond acceptors (Lipinski definition) is 1. The summed E-state index contributed by atoms with van der Waals surface area (Å²) >= 11 is 0. The van der Waals surface area contributed by atoms with Gasteiger partial charge in [-0.2, -0.15) is 0 Å². The highest BCUT2D eigenvalue weighted by Crippen LogP contribution is 2.13. The van der Waals surface area contributed by atoms with Crippen LogP contribution >= 0.6 is 0 Å². The molecule has 1 aliphatic heterocycles. The molecule has 1 fully saturated rings. The van der Waals surface area contributed by atoms with Gasteiger partial charge in [-0.1, -0.05) is 42.5 Å². The lowest BCUT2D eigenvalue weighted by molar-refractivity contribution is -1.01. The number of quaternary nitrogens is 2. The van der Waals surface area contributed by atoms with E-state index in [1.165, 1.54) is 29.8 Å². The first kappa shape index (κ1) is 20.3. The predicted octanol–water partition coefficient (Wildman–Crippen LogP) is 1.13. The summed E-state index contributed by atoms with van der Waals surface area (Å²) < 4.78 is 0. The molecular weight excluding hydrogens is 346 g/mol. The maximum absolute atomic E-state index is 12.3. The number of nitrogens with one attached hydrogen (secondary N) is 3. The molecule has 0 unspecified atom stereocenters. The molecule has 1 saturated heterocycles. The monoisotopic (exact) mass is 379 g/mol. The van der Waals surface area contributed by atoms with E-state index >= 15 is 0 Å². The van der Waals surface area contributed by atoms with Gasteiger partial charge in [0.05, 0.1) is 19.5 Å². The number of benzene rings is 2. The third-order valence-corrected chi connectivity index (χ3v) is 5.39. The molecule has 148 valence electrons. The van der Waals surface area contributed by atoms with Gasteiger partial charge in [-0.25, -0.2) is 0 Å². The molecule has 1 heterocycles. The van der Waals surface area contributed by atoms with Gasteiger partial charge in [0, 0.05) is 5.69 Å². The number of amides is 1. The average molecular weight is 380 g/mol. The number of carbonyl (C=O) groups is 1. The summed E-state index contributed by atoms with van der Waals surface area (Å²) in [6.07, 6.45) is 5.09. The summed E-state index contributed by atoms with van der Waals surface area (Å²) in [6.45, 7) is 10.8. The zero-order valence-corrected chi connectivity index (χ0v) is 17.1. The van der Waals surface area contributed by atoms with E-state index in [0.29, 0.717) is 6.42 Å². The molecule has 4 heteroatoms. The first-order valence-electron chi connectivity index (χ1n) is 10.4. The summed E-state index contributed by atoms with van der Waals surface area (Å²) in [6, 6.07) is 16.7. The first-order valence-corrected chi connectivity index (χ1v) is 10.4. The Bertz CT molecular complexity index is 773. The van der Waals surface area contributed by atoms with Gasteiger partial charge in [-0.3, -0.25) is 4.79 Å². The molecule has 0 atom stereocenters. The lowest BCUT2D eigenvalue weighted by atomic mass is 10.1. The van der Waals surface area contributed by atoms with E-state index in [1.807, 2.05) is 18.2 Å². The van der Waals surface area contributed by atoms with Crippen molar-refractivity contribution in [1.29, 1.82) is 0 Å². The van der Waals surface area contributed by atoms with Crippen LogP contribution in [0.15, 0.2) is 54.6 Å². The highest BCUT2D eigenvalue weighted by molar-refractivity contribution is 5.90. The Morgan fingerprint density at radius 1 is 0.964 bits per heavy atom. The maximum atomic E-state index is 12.3. The number of anilines is 1. The summed E-state index contributed by atoms with van der Waals surface area (Å²) in [5, 5.41) is 3.05. The van der Waals surface area contributed by atoms with Crippen LogP contribution in [0.1, 0.15) is 23.1 Å². The molecule has 1 aliphatic rings. The van der Waals surface area contributed by atoms with E-state index in [4.69, 9.17) is 0 Å². The largest absolute Gasteiger partial charge is 0.326 e. The molecule has 0 radical (unpaired) electrons. The number of hydrogen-bond donors (Lipinski definition) is 3. The van der Waals surface area contributed by atoms with Crippen LogP contribution < -0.4 is 15.1 Å². The standard InChI is InChI=1S/C24H31N3O/c1-20-17-21(2)19-23(18-20)25-24(28)10-12-27-15-13-26(14-16-27)11-6-9-22-7-4-3-5-8-22/h3-9,17-19H,10-16H2,1-2H3,(H,25,28)/p+2/b9-6+. The van der Waals surface area contributed by atoms with Crippen molar-refractivity contribution >= 4 is 17.7 Å². The fourth-order valence-electron chi connectivity index (χ4n) is 3.90. The van der Waals surface area contributed by atoms with Crippen molar-refractivity contribution in [1.82, 2.24) is 0 Å². The minimum absolute atomic E-state index is 0.123. The molecule has 2 aromatic carbocycles. The third kappa shape index (κ3) is 6.63. The fourth-order valence-corrected chi connectivity index (χ4v) is 3.90. The van der Waals surface area contributed by atoms with E-state index in [9.17, 15) is 4.79 Å². The van der Waals surface area contributed by atoms with Crippen molar-refractivity contribution in [2.75, 3.05) is 44.6 Å². The highest BCUT2D eigenvalue weighted by atomic mass is 16.1. The highest BCUT2D eigenvalue weighted by Gasteiger charge is 2.22. The summed E-state index contributed by atoms with van der Waals surface area (Å²) in [5.74, 6) is 0.123. The van der Waals surface area contributed by atoms with Crippen LogP contribution in [0, 0.1) is 13.8 Å². The van der Waals surface area contributed by atoms with Crippen LogP contribution in [0.3, 0.4) is 0 Å². The molecule has 0 saturated carbocycles. The van der Waals surface area contributed by atoms with E-state index in [1.54, 1.807) is 9.80 Å². The van der Waals surface area contributed by atoms with E-state index in [-0.39, 0.29) is 5.91 Å². The molecule has 0 spiro atoms. The van der Waals surface area contributed by atoms with Crippen molar-refractivity contribution in [3.8, 4) is 0 Å². The molecule has 0 aliphatic carbocycles. The van der Waals surface area contributed by atoms with Crippen molar-refractivity contribution in [2.24, 2.45) is 0 Å². The van der Waals surface area contributed by atoms with Gasteiger partial charge in [-0.05, 0) is 48.7 Å². The molecule has 0 bridgehead atoms. The predicted molar refractivity (Wildman–Crippen MR) is 116 cm³/mol. The van der Waals surface area contributed by atoms with Gasteiger partial charge in [-0.15, -0.1) is 0 Å². The van der Waals surface area contributed by atoms with E-state index in [2.05, 4.69) is 61.6 Å². The van der Waals surface area contributed by atoms with E-state index in [0.717, 1.165) is 31.9 Å². The molecule has 28 heavy (non-hydrogen) atoms. The third-order valence-electron chi connectivity index (χ3n) is 5.39. The molecule has 3 N–H and O–H groups in total. The van der Waals surface area contributed by atoms with Crippen molar-refractivity contribution in [3.05, 3.63) is 71.3 Å². The molecule has 2 aromatic rings. The Balaban J connectivity index is 1.35. The first-order chi connectivity index (χ1) is 13.6. The summed E-state index contributed by atoms with van der Waals surface area (Å²) in [7, 11) is 0. The second-order valence-corrected chi connectivity index (χ2v) is 7.94. The quantitative estimate of drug-likeness (QED) is 0.663. The Morgan fingerprint density at radius 2 is 1.61 bits per heavy atom. The Kier molecular flexibility index (Phi) is 7.40. The zero-order valence-electron chi connectivity index (χ0n) is 17.1. The molecule has 1 amide bonds. The minimum atomic E-state index is 0.123. The van der Waals surface area contributed by atoms with Crippen molar-refractivity contribution in [3.63, 3.8) is 0 Å². The van der Waals surface area contributed by atoms with Crippen LogP contribution in [-0.4, -0.2) is 45.2 Å². The maximum Gasteiger partial charge on any atom is 0.230 e. The second kappa shape index (κ2) is 10.2. The lowest BCUT2D eigenvalue weighted by Crippen LogP contribution is -3.28. The minimum Gasteiger partial charge on any atom is -0.326 e. The van der Waals surface area contributed by atoms with Gasteiger partial charge in [0.25, 0.3) is 0 Å². The van der Waals surface area contributed by atoms with Crippen LogP contribution in [0.5, 0.6) is 0 Å². The Morgan fingerprint density at radius 3 is 2.29 bits per heavy atom. The molecular formula is C24H33N3O+2. The summed E-state index contributed by atoms with van der Waals surface area (Å²) in [5.41, 5.74) is 4.54. The van der Waals surface area contributed by atoms with Crippen LogP contribution in [0.4, 0.5) is 5.69 Å². The average Bonchev–Trinajstić information content (AvgIpc) is 2.67. The Labute approximate surface area is 168 Å². The SMILES string of the molecule is Cc1cc(C)cc(NC(=O)CC[NH+]2CC[NH+](C/C=C/c3ccccc3)CC2)c1. The van der Waals surface area contributed by atoms with Crippen LogP contribution in [0.25, 0.3) is 6.08 Å². The van der Waals surface area contributed by atoms with Gasteiger partial charge in [0.15, 0.2) is 0 Å². The smallest absolute Gasteiger partial charge is 0.230 e. The Hall–Kier alpha value is -2.43. The second-order valence-electron chi connectivity index (χ2n) is 7.94. The molecule has 3 rings (SSSR count). The van der Waals surface area contributed by atoms with Crippen molar-refractivity contribution in [2.45, 2.75) is 20.3 Å². The number of carbonyl (C=O) groups excluding carboxylic acids is 1. The fraction of sp³-hybridized carbons (Fsp3) is 0.375. The van der Waals surface area contributed by atoms with Gasteiger partial charge in [0.1, 0.15) is 26.2 Å². The van der Waals surface area contributed by atoms with Gasteiger partial charge in [0.2, 0.25) is 5.91 Å². The van der Waals surface area contributed by atoms with Gasteiger partial charge >= 0.3 is 0 Å². The number of rotatable bonds is 7. The summed E-state index contributed by atoms with van der Waals surface area (Å²) in [4.78, 5) is 15.5. The van der Waals surface area contributed by atoms with Crippen LogP contribution in [0.2, 0.25) is 0 Å². The van der Waals surface area contributed by atoms with E-state index < -0.39 is 0 Å². The normalized spacial score (nSPS) is 19.6. The molecule has 4 nitrogen and oxygen atoms in total. The number of aryl methyl sites for hydroxylation is 2. The number of piperazine rings is 1. The topological polar surface area (TPSA) is 38.0 Å². The van der Waals surface area contributed by atoms with Crippen molar-refractivity contribution < 1.29 is 14.6 Å². The zero-order chi connectivity index (χ0) is 19.8. The lowest BCUT2D eigenvalue weighted by Gasteiger charge is -2.29.